The maximum Gasteiger partial charge on any atom is 0.355 e. The molecule has 6 heteroatoms. The molecule has 0 spiro atoms. The molecule has 1 fully saturated rings. The highest BCUT2D eigenvalue weighted by Gasteiger charge is 2.43. The van der Waals surface area contributed by atoms with Crippen molar-refractivity contribution in [1.82, 2.24) is 10.3 Å². The van der Waals surface area contributed by atoms with Crippen molar-refractivity contribution in [2.24, 2.45) is 5.92 Å². The highest BCUT2D eigenvalue weighted by atomic mass is 16.5. The number of aromatic nitrogens is 1. The first-order chi connectivity index (χ1) is 11.0. The number of benzene rings is 1. The highest BCUT2D eigenvalue weighted by molar-refractivity contribution is 5.95. The number of amides is 1. The summed E-state index contributed by atoms with van der Waals surface area (Å²) in [4.78, 5) is 26.9. The largest absolute Gasteiger partial charge is 0.451 e. The van der Waals surface area contributed by atoms with Crippen LogP contribution in [0.4, 0.5) is 0 Å². The van der Waals surface area contributed by atoms with Crippen LogP contribution < -0.4 is 5.32 Å². The molecule has 23 heavy (non-hydrogen) atoms. The lowest BCUT2D eigenvalue weighted by Gasteiger charge is -2.22. The summed E-state index contributed by atoms with van der Waals surface area (Å²) in [5.74, 6) is -0.882. The third-order valence-electron chi connectivity index (χ3n) is 4.11. The molecule has 1 heterocycles. The first-order valence-corrected chi connectivity index (χ1v) is 7.49. The number of hydrogen-bond acceptors (Lipinski definition) is 4. The molecule has 2 N–H and O–H groups in total. The van der Waals surface area contributed by atoms with E-state index in [0.29, 0.717) is 5.69 Å². The van der Waals surface area contributed by atoms with E-state index < -0.39 is 24.0 Å². The van der Waals surface area contributed by atoms with Gasteiger partial charge in [0.15, 0.2) is 6.61 Å². The molecule has 1 aliphatic rings. The highest BCUT2D eigenvalue weighted by Crippen LogP contribution is 2.39. The van der Waals surface area contributed by atoms with Gasteiger partial charge < -0.3 is 15.0 Å². The van der Waals surface area contributed by atoms with E-state index in [1.54, 1.807) is 13.0 Å². The number of rotatable bonds is 5. The fourth-order valence-electron chi connectivity index (χ4n) is 2.60. The second-order valence-electron chi connectivity index (χ2n) is 5.98. The summed E-state index contributed by atoms with van der Waals surface area (Å²) in [6.45, 7) is 1.29. The van der Waals surface area contributed by atoms with Crippen LogP contribution in [-0.4, -0.2) is 29.0 Å². The zero-order chi connectivity index (χ0) is 16.4. The number of para-hydroxylation sites is 1. The maximum absolute atomic E-state index is 12.0. The SMILES string of the molecule is C[C@@](C#N)(NC(=O)COC(=O)c1cc2ccccc2[nH]1)C1CC1. The van der Waals surface area contributed by atoms with Crippen LogP contribution in [0.3, 0.4) is 0 Å². The molecule has 1 aromatic heterocycles. The summed E-state index contributed by atoms with van der Waals surface area (Å²) in [6.07, 6.45) is 1.86. The number of aromatic amines is 1. The predicted molar refractivity (Wildman–Crippen MR) is 83.5 cm³/mol. The Kier molecular flexibility index (Phi) is 3.78. The third-order valence-corrected chi connectivity index (χ3v) is 4.11. The summed E-state index contributed by atoms with van der Waals surface area (Å²) in [7, 11) is 0. The second kappa shape index (κ2) is 5.76. The van der Waals surface area contributed by atoms with Crippen molar-refractivity contribution in [3.05, 3.63) is 36.0 Å². The molecule has 1 aromatic carbocycles. The van der Waals surface area contributed by atoms with E-state index in [1.165, 1.54) is 0 Å². The Morgan fingerprint density at radius 3 is 2.83 bits per heavy atom. The van der Waals surface area contributed by atoms with Gasteiger partial charge in [-0.2, -0.15) is 5.26 Å². The average Bonchev–Trinajstić information content (AvgIpc) is 3.32. The van der Waals surface area contributed by atoms with E-state index in [1.807, 2.05) is 24.3 Å². The smallest absolute Gasteiger partial charge is 0.355 e. The molecule has 1 atom stereocenters. The van der Waals surface area contributed by atoms with Gasteiger partial charge in [-0.05, 0) is 37.8 Å². The summed E-state index contributed by atoms with van der Waals surface area (Å²) in [5.41, 5.74) is 0.240. The Bertz CT molecular complexity index is 768. The first-order valence-electron chi connectivity index (χ1n) is 7.49. The Labute approximate surface area is 133 Å². The number of nitriles is 1. The number of carbonyl (C=O) groups is 2. The van der Waals surface area contributed by atoms with Crippen molar-refractivity contribution in [3.63, 3.8) is 0 Å². The number of nitrogens with zero attached hydrogens (tertiary/aromatic N) is 1. The van der Waals surface area contributed by atoms with Crippen molar-refractivity contribution in [2.75, 3.05) is 6.61 Å². The zero-order valence-electron chi connectivity index (χ0n) is 12.8. The van der Waals surface area contributed by atoms with Gasteiger partial charge in [0.1, 0.15) is 11.2 Å². The van der Waals surface area contributed by atoms with Gasteiger partial charge >= 0.3 is 5.97 Å². The van der Waals surface area contributed by atoms with Crippen LogP contribution in [0.25, 0.3) is 10.9 Å². The van der Waals surface area contributed by atoms with Crippen LogP contribution in [0.1, 0.15) is 30.3 Å². The summed E-state index contributed by atoms with van der Waals surface area (Å²) >= 11 is 0. The number of nitrogens with one attached hydrogen (secondary N) is 2. The Morgan fingerprint density at radius 1 is 1.43 bits per heavy atom. The van der Waals surface area contributed by atoms with E-state index >= 15 is 0 Å². The molecular formula is C17H17N3O3. The molecule has 2 aromatic rings. The average molecular weight is 311 g/mol. The van der Waals surface area contributed by atoms with Gasteiger partial charge in [-0.1, -0.05) is 18.2 Å². The number of esters is 1. The summed E-state index contributed by atoms with van der Waals surface area (Å²) in [6, 6.07) is 11.3. The minimum absolute atomic E-state index is 0.181. The van der Waals surface area contributed by atoms with E-state index in [4.69, 9.17) is 4.74 Å². The lowest BCUT2D eigenvalue weighted by Crippen LogP contribution is -2.48. The topological polar surface area (TPSA) is 95.0 Å². The molecule has 1 amide bonds. The molecule has 6 nitrogen and oxygen atoms in total. The van der Waals surface area contributed by atoms with Crippen LogP contribution in [0.15, 0.2) is 30.3 Å². The molecule has 0 aliphatic heterocycles. The van der Waals surface area contributed by atoms with Gasteiger partial charge in [-0.25, -0.2) is 4.79 Å². The standard InChI is InChI=1S/C17H17N3O3/c1-17(10-18,12-6-7-12)20-15(21)9-23-16(22)14-8-11-4-2-3-5-13(11)19-14/h2-5,8,12,19H,6-7,9H2,1H3,(H,20,21)/t17-/m0/s1. The van der Waals surface area contributed by atoms with Gasteiger partial charge in [0.25, 0.3) is 5.91 Å². The van der Waals surface area contributed by atoms with Crippen LogP contribution >= 0.6 is 0 Å². The molecule has 3 rings (SSSR count). The van der Waals surface area contributed by atoms with Gasteiger partial charge in [0.05, 0.1) is 6.07 Å². The van der Waals surface area contributed by atoms with Gasteiger partial charge in [0.2, 0.25) is 0 Å². The molecule has 0 radical (unpaired) electrons. The fourth-order valence-corrected chi connectivity index (χ4v) is 2.60. The van der Waals surface area contributed by atoms with Crippen LogP contribution in [0.2, 0.25) is 0 Å². The number of fused-ring (bicyclic) bond motifs is 1. The molecule has 0 bridgehead atoms. The van der Waals surface area contributed by atoms with E-state index in [2.05, 4.69) is 16.4 Å². The van der Waals surface area contributed by atoms with Gasteiger partial charge in [-0.15, -0.1) is 0 Å². The first kappa shape index (κ1) is 15.1. The van der Waals surface area contributed by atoms with Crippen LogP contribution in [0.5, 0.6) is 0 Å². The third kappa shape index (κ3) is 3.19. The molecular weight excluding hydrogens is 294 g/mol. The van der Waals surface area contributed by atoms with E-state index in [9.17, 15) is 14.9 Å². The summed E-state index contributed by atoms with van der Waals surface area (Å²) < 4.78 is 5.02. The monoisotopic (exact) mass is 311 g/mol. The van der Waals surface area contributed by atoms with Gasteiger partial charge in [0, 0.05) is 10.9 Å². The molecule has 1 aliphatic carbocycles. The van der Waals surface area contributed by atoms with Crippen molar-refractivity contribution in [2.45, 2.75) is 25.3 Å². The predicted octanol–water partition coefficient (Wildman–Crippen LogP) is 2.13. The van der Waals surface area contributed by atoms with Crippen molar-refractivity contribution < 1.29 is 14.3 Å². The fraction of sp³-hybridized carbons (Fsp3) is 0.353. The minimum Gasteiger partial charge on any atom is -0.451 e. The van der Waals surface area contributed by atoms with Crippen LogP contribution in [-0.2, 0) is 9.53 Å². The number of ether oxygens (including phenoxy) is 1. The van der Waals surface area contributed by atoms with Crippen LogP contribution in [0, 0.1) is 17.2 Å². The van der Waals surface area contributed by atoms with E-state index in [0.717, 1.165) is 23.7 Å². The Hall–Kier alpha value is -2.81. The quantitative estimate of drug-likeness (QED) is 0.827. The molecule has 0 saturated heterocycles. The van der Waals surface area contributed by atoms with Crippen molar-refractivity contribution in [3.8, 4) is 6.07 Å². The number of carbonyl (C=O) groups excluding carboxylic acids is 2. The lowest BCUT2D eigenvalue weighted by atomic mass is 9.98. The molecule has 0 unspecified atom stereocenters. The lowest BCUT2D eigenvalue weighted by molar-refractivity contribution is -0.125. The summed E-state index contributed by atoms with van der Waals surface area (Å²) in [5, 5.41) is 12.8. The molecule has 118 valence electrons. The number of hydrogen-bond donors (Lipinski definition) is 2. The molecule has 1 saturated carbocycles. The van der Waals surface area contributed by atoms with Gasteiger partial charge in [-0.3, -0.25) is 4.79 Å². The normalized spacial score (nSPS) is 16.3. The van der Waals surface area contributed by atoms with Crippen molar-refractivity contribution >= 4 is 22.8 Å². The van der Waals surface area contributed by atoms with E-state index in [-0.39, 0.29) is 5.92 Å². The Morgan fingerprint density at radius 2 is 2.17 bits per heavy atom. The number of H-pyrrole nitrogens is 1. The second-order valence-corrected chi connectivity index (χ2v) is 5.98. The minimum atomic E-state index is -0.884. The maximum atomic E-state index is 12.0. The van der Waals surface area contributed by atoms with Crippen molar-refractivity contribution in [1.29, 1.82) is 5.26 Å². The zero-order valence-corrected chi connectivity index (χ0v) is 12.8. The Balaban J connectivity index is 1.58.